The van der Waals surface area contributed by atoms with Gasteiger partial charge in [0.2, 0.25) is 10.0 Å². The summed E-state index contributed by atoms with van der Waals surface area (Å²) in [4.78, 5) is 22.6. The Hall–Kier alpha value is -1.41. The van der Waals surface area contributed by atoms with Gasteiger partial charge in [0.25, 0.3) is 0 Å². The summed E-state index contributed by atoms with van der Waals surface area (Å²) in [6.07, 6.45) is 1.64. The first kappa shape index (κ1) is 20.6. The van der Waals surface area contributed by atoms with Crippen molar-refractivity contribution in [2.75, 3.05) is 12.4 Å². The van der Waals surface area contributed by atoms with Crippen LogP contribution in [0, 0.1) is 5.92 Å². The van der Waals surface area contributed by atoms with Crippen molar-refractivity contribution in [3.63, 3.8) is 0 Å². The summed E-state index contributed by atoms with van der Waals surface area (Å²) < 4.78 is 35.4. The maximum absolute atomic E-state index is 11.7. The van der Waals surface area contributed by atoms with Crippen LogP contribution in [0.5, 0.6) is 0 Å². The molecule has 0 bridgehead atoms. The minimum Gasteiger partial charge on any atom is -0.461 e. The third-order valence-corrected chi connectivity index (χ3v) is 3.98. The Balaban J connectivity index is 4.20. The number of ether oxygens (including phenoxy) is 2. The number of carbonyl (C=O) groups is 2. The normalized spacial score (nSPS) is 13.6. The Morgan fingerprint density at radius 3 is 2.09 bits per heavy atom. The van der Waals surface area contributed by atoms with E-state index < -0.39 is 28.0 Å². The molecule has 128 valence electrons. The van der Waals surface area contributed by atoms with Crippen molar-refractivity contribution in [3.8, 4) is 0 Å². The molecule has 1 unspecified atom stereocenters. The fourth-order valence-corrected chi connectivity index (χ4v) is 3.15. The zero-order chi connectivity index (χ0) is 17.3. The molecule has 0 saturated carbocycles. The third-order valence-electron chi connectivity index (χ3n) is 2.12. The van der Waals surface area contributed by atoms with Crippen molar-refractivity contribution < 1.29 is 27.5 Å². The molecule has 0 aromatic rings. The van der Waals surface area contributed by atoms with E-state index in [0.717, 1.165) is 12.2 Å². The van der Waals surface area contributed by atoms with E-state index in [1.807, 2.05) is 0 Å². The molecule has 0 aromatic heterocycles. The molecule has 8 heteroatoms. The first-order valence-corrected chi connectivity index (χ1v) is 8.72. The minimum atomic E-state index is -3.40. The molecule has 0 aliphatic rings. The predicted octanol–water partition coefficient (Wildman–Crippen LogP) is 1.00. The summed E-state index contributed by atoms with van der Waals surface area (Å²) in [5.74, 6) is -1.37. The van der Waals surface area contributed by atoms with E-state index in [0.29, 0.717) is 0 Å². The zero-order valence-electron chi connectivity index (χ0n) is 13.7. The molecule has 7 nitrogen and oxygen atoms in total. The monoisotopic (exact) mass is 335 g/mol. The lowest BCUT2D eigenvalue weighted by Gasteiger charge is -2.15. The van der Waals surface area contributed by atoms with Gasteiger partial charge in [-0.25, -0.2) is 22.7 Å². The van der Waals surface area contributed by atoms with Crippen LogP contribution in [-0.2, 0) is 29.1 Å². The molecule has 0 rings (SSSR count). The molecule has 0 amide bonds. The van der Waals surface area contributed by atoms with E-state index in [1.54, 1.807) is 34.6 Å². The van der Waals surface area contributed by atoms with E-state index in [1.165, 1.54) is 0 Å². The fraction of sp³-hybridized carbons (Fsp3) is 0.714. The predicted molar refractivity (Wildman–Crippen MR) is 82.5 cm³/mol. The maximum atomic E-state index is 11.7. The molecule has 0 heterocycles. The molecule has 0 aromatic carbocycles. The van der Waals surface area contributed by atoms with Crippen molar-refractivity contribution in [2.45, 2.75) is 46.8 Å². The molecule has 22 heavy (non-hydrogen) atoms. The van der Waals surface area contributed by atoms with Gasteiger partial charge in [-0.2, -0.15) is 0 Å². The second-order valence-electron chi connectivity index (χ2n) is 5.64. The van der Waals surface area contributed by atoms with Gasteiger partial charge >= 0.3 is 11.9 Å². The largest absolute Gasteiger partial charge is 0.461 e. The maximum Gasteiger partial charge on any atom is 0.331 e. The van der Waals surface area contributed by atoms with Gasteiger partial charge in [0.05, 0.1) is 17.9 Å². The molecule has 1 N–H and O–H groups in total. The van der Waals surface area contributed by atoms with Crippen LogP contribution >= 0.6 is 0 Å². The van der Waals surface area contributed by atoms with Crippen molar-refractivity contribution >= 4 is 22.0 Å². The third kappa shape index (κ3) is 11.3. The quantitative estimate of drug-likeness (QED) is 0.498. The topological polar surface area (TPSA) is 98.8 Å². The van der Waals surface area contributed by atoms with Crippen LogP contribution in [-0.4, -0.2) is 44.9 Å². The number of sulfonamides is 1. The highest BCUT2D eigenvalue weighted by atomic mass is 32.2. The first-order valence-electron chi connectivity index (χ1n) is 7.07. The van der Waals surface area contributed by atoms with E-state index in [2.05, 4.69) is 4.72 Å². The highest BCUT2D eigenvalue weighted by Gasteiger charge is 2.17. The molecule has 0 aliphatic carbocycles. The van der Waals surface area contributed by atoms with E-state index >= 15 is 0 Å². The molecule has 0 fully saturated rings. The average molecular weight is 335 g/mol. The summed E-state index contributed by atoms with van der Waals surface area (Å²) in [7, 11) is -3.40. The molecule has 0 spiro atoms. The summed E-state index contributed by atoms with van der Waals surface area (Å²) in [5.41, 5.74) is 0. The Labute approximate surface area is 132 Å². The number of nitrogens with one attached hydrogen (secondary N) is 1. The van der Waals surface area contributed by atoms with Gasteiger partial charge < -0.3 is 9.47 Å². The van der Waals surface area contributed by atoms with Crippen LogP contribution in [0.3, 0.4) is 0 Å². The summed E-state index contributed by atoms with van der Waals surface area (Å²) in [6.45, 7) is 8.43. The zero-order valence-corrected chi connectivity index (χ0v) is 14.5. The highest BCUT2D eigenvalue weighted by molar-refractivity contribution is 7.89. The van der Waals surface area contributed by atoms with Crippen LogP contribution in [0.15, 0.2) is 12.2 Å². The molecule has 0 saturated heterocycles. The smallest absolute Gasteiger partial charge is 0.331 e. The van der Waals surface area contributed by atoms with Gasteiger partial charge in [-0.15, -0.1) is 0 Å². The lowest BCUT2D eigenvalue weighted by molar-refractivity contribution is -0.143. The van der Waals surface area contributed by atoms with Crippen molar-refractivity contribution in [2.24, 2.45) is 5.92 Å². The van der Waals surface area contributed by atoms with Crippen LogP contribution in [0.1, 0.15) is 34.6 Å². The van der Waals surface area contributed by atoms with Crippen LogP contribution in [0.25, 0.3) is 0 Å². The minimum absolute atomic E-state index is 0.00199. The molecular formula is C14H25NO6S. The Bertz CT molecular complexity index is 495. The second-order valence-corrected chi connectivity index (χ2v) is 7.44. The molecule has 1 atom stereocenters. The van der Waals surface area contributed by atoms with Gasteiger partial charge in [-0.3, -0.25) is 0 Å². The summed E-state index contributed by atoms with van der Waals surface area (Å²) in [6, 6.07) is -0.552. The lowest BCUT2D eigenvalue weighted by Crippen LogP contribution is -2.38. The summed E-state index contributed by atoms with van der Waals surface area (Å²) >= 11 is 0. The first-order chi connectivity index (χ1) is 10.0. The van der Waals surface area contributed by atoms with Gasteiger partial charge in [0.1, 0.15) is 6.61 Å². The average Bonchev–Trinajstić information content (AvgIpc) is 2.30. The lowest BCUT2D eigenvalue weighted by atomic mass is 10.3. The van der Waals surface area contributed by atoms with Crippen molar-refractivity contribution in [3.05, 3.63) is 12.2 Å². The van der Waals surface area contributed by atoms with Gasteiger partial charge in [-0.1, -0.05) is 13.8 Å². The highest BCUT2D eigenvalue weighted by Crippen LogP contribution is 1.99. The van der Waals surface area contributed by atoms with Gasteiger partial charge in [0, 0.05) is 12.2 Å². The molecule has 0 radical (unpaired) electrons. The van der Waals surface area contributed by atoms with Crippen LogP contribution < -0.4 is 4.72 Å². The van der Waals surface area contributed by atoms with E-state index in [4.69, 9.17) is 9.47 Å². The number of hydrogen-bond acceptors (Lipinski definition) is 6. The van der Waals surface area contributed by atoms with Crippen LogP contribution in [0.4, 0.5) is 0 Å². The van der Waals surface area contributed by atoms with E-state index in [-0.39, 0.29) is 24.4 Å². The molecule has 0 aliphatic heterocycles. The fourth-order valence-electron chi connectivity index (χ4n) is 1.49. The Morgan fingerprint density at radius 1 is 1.05 bits per heavy atom. The van der Waals surface area contributed by atoms with Gasteiger partial charge in [0.15, 0.2) is 0 Å². The number of esters is 2. The van der Waals surface area contributed by atoms with Crippen molar-refractivity contribution in [1.82, 2.24) is 4.72 Å². The Morgan fingerprint density at radius 2 is 1.59 bits per heavy atom. The summed E-state index contributed by atoms with van der Waals surface area (Å²) in [5, 5.41) is 0. The van der Waals surface area contributed by atoms with Crippen molar-refractivity contribution in [1.29, 1.82) is 0 Å². The number of hydrogen-bond donors (Lipinski definition) is 1. The molecular weight excluding hydrogens is 310 g/mol. The van der Waals surface area contributed by atoms with E-state index in [9.17, 15) is 18.0 Å². The van der Waals surface area contributed by atoms with Gasteiger partial charge in [-0.05, 0) is 26.7 Å². The SMILES string of the molecule is CC(C)CS(=O)(=O)NC(C)COC(=O)C=CC(=O)OC(C)C. The Kier molecular flexibility index (Phi) is 8.96. The number of rotatable bonds is 9. The number of carbonyl (C=O) groups excluding carboxylic acids is 2. The van der Waals surface area contributed by atoms with Crippen LogP contribution in [0.2, 0.25) is 0 Å². The second kappa shape index (κ2) is 9.58. The standard InChI is InChI=1S/C14H25NO6S/c1-10(2)9-22(18,19)15-12(5)8-20-13(16)6-7-14(17)21-11(3)4/h6-7,10-12,15H,8-9H2,1-5H3.